The fourth-order valence-electron chi connectivity index (χ4n) is 8.68. The number of primary amides is 1. The number of carbonyl (C=O) groups is 8. The summed E-state index contributed by atoms with van der Waals surface area (Å²) in [6, 6.07) is 11.3. The first kappa shape index (κ1) is 65.4. The number of anilines is 4. The number of pyridine rings is 1. The van der Waals surface area contributed by atoms with Crippen molar-refractivity contribution in [3.05, 3.63) is 96.1 Å². The number of hydrogen-bond acceptors (Lipinski definition) is 19. The van der Waals surface area contributed by atoms with E-state index in [0.29, 0.717) is 67.7 Å². The van der Waals surface area contributed by atoms with Gasteiger partial charge in [-0.05, 0) is 92.0 Å². The molecule has 458 valence electrons. The predicted molar refractivity (Wildman–Crippen MR) is 313 cm³/mol. The van der Waals surface area contributed by atoms with Crippen LogP contribution in [0.25, 0.3) is 11.3 Å². The Bertz CT molecular complexity index is 2910. The molecule has 4 heterocycles. The van der Waals surface area contributed by atoms with Gasteiger partial charge < -0.3 is 76.7 Å². The van der Waals surface area contributed by atoms with Crippen molar-refractivity contribution < 1.29 is 66.8 Å². The predicted octanol–water partition coefficient (Wildman–Crippen LogP) is 3.24. The minimum atomic E-state index is -1.06. The number of nitrogens with two attached hydrogens (primary N) is 2. The molecule has 0 aliphatic carbocycles. The molecule has 0 radical (unpaired) electrons. The highest BCUT2D eigenvalue weighted by Gasteiger charge is 2.29. The zero-order valence-electron chi connectivity index (χ0n) is 48.2. The van der Waals surface area contributed by atoms with Gasteiger partial charge in [-0.3, -0.25) is 38.7 Å². The number of urea groups is 1. The Morgan fingerprint density at radius 3 is 2.18 bits per heavy atom. The Morgan fingerprint density at radius 1 is 0.776 bits per heavy atom. The molecule has 2 aliphatic rings. The van der Waals surface area contributed by atoms with Crippen LogP contribution in [0, 0.1) is 5.92 Å². The Kier molecular flexibility index (Phi) is 26.7. The van der Waals surface area contributed by atoms with E-state index in [2.05, 4.69) is 51.8 Å². The van der Waals surface area contributed by atoms with Gasteiger partial charge in [-0.2, -0.15) is 0 Å². The highest BCUT2D eigenvalue weighted by atomic mass is 16.6. The van der Waals surface area contributed by atoms with E-state index in [1.807, 2.05) is 31.3 Å². The van der Waals surface area contributed by atoms with Gasteiger partial charge in [-0.15, -0.1) is 0 Å². The lowest BCUT2D eigenvalue weighted by Crippen LogP contribution is -2.54. The van der Waals surface area contributed by atoms with Gasteiger partial charge in [0.25, 0.3) is 17.7 Å². The average Bonchev–Trinajstić information content (AvgIpc) is 3.43. The van der Waals surface area contributed by atoms with Crippen LogP contribution in [-0.2, 0) is 60.7 Å². The standard InChI is InChI=1S/C58H77N13O14/c1-38(2)51(69-48(72)19-26-80-28-30-82-32-33-83-31-29-81-27-24-71-49(73)16-17-50(71)74)55(76)67-43(9-6-20-62-57(60)78)54(75)65-42-13-10-39(11-14-42)37-85-58(79)63-21-7-25-84-47-15-12-40-34-41(47)8-4-5-23-70(3)46-18-22-61-35-45(46)68-56(77)52-53(59)64-36-44(40)66-52/h10-18,22,34-36,38,43,51H,4-9,19-21,23-33,37H2,1-3H3,(H2,59,64)(H,63,79)(H,65,75)(H,67,76)(H,68,77)(H,69,72)(H3,60,62,78)/t43-,51?/m0/s1. The van der Waals surface area contributed by atoms with Crippen LogP contribution >= 0.6 is 0 Å². The number of nitrogens with one attached hydrogen (secondary N) is 6. The van der Waals surface area contributed by atoms with E-state index in [9.17, 15) is 38.4 Å². The second kappa shape index (κ2) is 34.7. The smallest absolute Gasteiger partial charge is 0.407 e. The van der Waals surface area contributed by atoms with Crippen LogP contribution in [0.4, 0.5) is 32.5 Å². The molecule has 2 aliphatic heterocycles. The number of fused-ring (bicyclic) bond motifs is 6. The molecular formula is C58H77N13O14. The molecule has 85 heavy (non-hydrogen) atoms. The lowest BCUT2D eigenvalue weighted by Gasteiger charge is -2.25. The van der Waals surface area contributed by atoms with Crippen molar-refractivity contribution in [3.8, 4) is 17.0 Å². The minimum absolute atomic E-state index is 0.00345. The Labute approximate surface area is 493 Å². The number of nitrogens with zero attached hydrogens (tertiary/aromatic N) is 5. The SMILES string of the molecule is CC(C)C(NC(=O)CCOCCOCCOCCOCCN1C(=O)C=CC1=O)C(=O)N[C@@H](CCCNC(N)=O)C(=O)Nc1ccc(COC(=O)NCCCOc2ccc3cc2CCCCN(C)c2ccncc2NC(=O)c2nc-3cnc2N)cc1. The second-order valence-corrected chi connectivity index (χ2v) is 20.1. The van der Waals surface area contributed by atoms with Crippen LogP contribution in [0.2, 0.25) is 0 Å². The lowest BCUT2D eigenvalue weighted by atomic mass is 10.0. The van der Waals surface area contributed by atoms with Crippen LogP contribution in [0.15, 0.2) is 79.3 Å². The molecule has 10 N–H and O–H groups in total. The minimum Gasteiger partial charge on any atom is -0.493 e. The van der Waals surface area contributed by atoms with Crippen LogP contribution in [-0.4, -0.2) is 172 Å². The molecule has 0 fully saturated rings. The summed E-state index contributed by atoms with van der Waals surface area (Å²) in [4.78, 5) is 117. The maximum atomic E-state index is 13.7. The van der Waals surface area contributed by atoms with Crippen LogP contribution in [0.5, 0.6) is 5.75 Å². The molecule has 2 aromatic heterocycles. The molecule has 4 aromatic rings. The third kappa shape index (κ3) is 22.0. The molecular weight excluding hydrogens is 1100 g/mol. The van der Waals surface area contributed by atoms with E-state index < -0.39 is 47.8 Å². The van der Waals surface area contributed by atoms with Gasteiger partial charge in [0.1, 0.15) is 24.4 Å². The van der Waals surface area contributed by atoms with Crippen LogP contribution in [0.1, 0.15) is 74.0 Å². The molecule has 2 aromatic carbocycles. The van der Waals surface area contributed by atoms with Gasteiger partial charge in [0, 0.05) is 62.7 Å². The number of amides is 9. The summed E-state index contributed by atoms with van der Waals surface area (Å²) in [5, 5.41) is 16.4. The summed E-state index contributed by atoms with van der Waals surface area (Å²) >= 11 is 0. The second-order valence-electron chi connectivity index (χ2n) is 20.1. The van der Waals surface area contributed by atoms with Crippen molar-refractivity contribution >= 4 is 70.4 Å². The first-order valence-corrected chi connectivity index (χ1v) is 28.2. The molecule has 9 amide bonds. The van der Waals surface area contributed by atoms with Crippen molar-refractivity contribution in [2.45, 2.75) is 77.5 Å². The largest absolute Gasteiger partial charge is 0.493 e. The molecule has 27 heteroatoms. The van der Waals surface area contributed by atoms with Crippen molar-refractivity contribution in [1.29, 1.82) is 0 Å². The Hall–Kier alpha value is -8.79. The number of carbonyl (C=O) groups excluding carboxylic acids is 8. The van der Waals surface area contributed by atoms with E-state index in [1.54, 1.807) is 50.5 Å². The molecule has 27 nitrogen and oxygen atoms in total. The van der Waals surface area contributed by atoms with E-state index in [-0.39, 0.29) is 108 Å². The van der Waals surface area contributed by atoms with Crippen molar-refractivity contribution in [1.82, 2.24) is 41.1 Å². The monoisotopic (exact) mass is 1180 g/mol. The fourth-order valence-corrected chi connectivity index (χ4v) is 8.68. The number of nitrogen functional groups attached to an aromatic ring is 1. The highest BCUT2D eigenvalue weighted by molar-refractivity contribution is 6.13. The third-order valence-electron chi connectivity index (χ3n) is 13.3. The summed E-state index contributed by atoms with van der Waals surface area (Å²) < 4.78 is 33.5. The maximum absolute atomic E-state index is 13.7. The van der Waals surface area contributed by atoms with Gasteiger partial charge in [0.15, 0.2) is 11.5 Å². The van der Waals surface area contributed by atoms with Gasteiger partial charge in [-0.25, -0.2) is 19.6 Å². The summed E-state index contributed by atoms with van der Waals surface area (Å²) in [6.45, 7) is 7.02. The number of alkyl carbamates (subject to hydrolysis) is 1. The first-order valence-electron chi connectivity index (χ1n) is 28.2. The number of aryl methyl sites for hydroxylation is 1. The van der Waals surface area contributed by atoms with Crippen LogP contribution < -0.4 is 53.0 Å². The molecule has 0 spiro atoms. The van der Waals surface area contributed by atoms with Crippen molar-refractivity contribution in [2.75, 3.05) is 114 Å². The first-order chi connectivity index (χ1) is 41.1. The number of ether oxygens (including phenoxy) is 6. The molecule has 4 bridgehead atoms. The van der Waals surface area contributed by atoms with E-state index >= 15 is 0 Å². The Balaban J connectivity index is 0.882. The summed E-state index contributed by atoms with van der Waals surface area (Å²) in [5.74, 6) is -2.45. The number of aromatic nitrogens is 3. The van der Waals surface area contributed by atoms with Crippen molar-refractivity contribution in [2.24, 2.45) is 11.7 Å². The zero-order chi connectivity index (χ0) is 60.9. The zero-order valence-corrected chi connectivity index (χ0v) is 48.2. The van der Waals surface area contributed by atoms with E-state index in [1.165, 1.54) is 18.3 Å². The summed E-state index contributed by atoms with van der Waals surface area (Å²) in [6.07, 6.45) is 9.86. The van der Waals surface area contributed by atoms with Gasteiger partial charge in [-0.1, -0.05) is 26.0 Å². The Morgan fingerprint density at radius 2 is 1.47 bits per heavy atom. The van der Waals surface area contributed by atoms with E-state index in [0.717, 1.165) is 41.1 Å². The summed E-state index contributed by atoms with van der Waals surface area (Å²) in [7, 11) is 1.95. The van der Waals surface area contributed by atoms with Crippen LogP contribution in [0.3, 0.4) is 0 Å². The quantitative estimate of drug-likeness (QED) is 0.0257. The number of rotatable bonds is 32. The molecule has 2 atom stereocenters. The highest BCUT2D eigenvalue weighted by Crippen LogP contribution is 2.30. The van der Waals surface area contributed by atoms with Gasteiger partial charge >= 0.3 is 12.1 Å². The number of hydrogen-bond donors (Lipinski definition) is 8. The van der Waals surface area contributed by atoms with Gasteiger partial charge in [0.05, 0.1) is 95.5 Å². The molecule has 0 saturated carbocycles. The molecule has 6 rings (SSSR count). The van der Waals surface area contributed by atoms with Crippen molar-refractivity contribution in [3.63, 3.8) is 0 Å². The fraction of sp³-hybridized carbons (Fsp3) is 0.466. The number of benzene rings is 2. The van der Waals surface area contributed by atoms with E-state index in [4.69, 9.17) is 39.9 Å². The topological polar surface area (TPSA) is 361 Å². The molecule has 1 unspecified atom stereocenters. The van der Waals surface area contributed by atoms with Gasteiger partial charge in [0.2, 0.25) is 17.7 Å². The summed E-state index contributed by atoms with van der Waals surface area (Å²) in [5.41, 5.74) is 15.9. The normalized spacial score (nSPS) is 13.9. The molecule has 0 saturated heterocycles. The maximum Gasteiger partial charge on any atom is 0.407 e. The number of imide groups is 1. The third-order valence-corrected chi connectivity index (χ3v) is 13.3. The lowest BCUT2D eigenvalue weighted by molar-refractivity contribution is -0.137. The average molecular weight is 1180 g/mol.